The molecule has 3 heterocycles. The summed E-state index contributed by atoms with van der Waals surface area (Å²) >= 11 is 0. The van der Waals surface area contributed by atoms with Crippen molar-refractivity contribution in [3.63, 3.8) is 0 Å². The van der Waals surface area contributed by atoms with E-state index in [9.17, 15) is 18.4 Å². The molecule has 1 unspecified atom stereocenters. The SMILES string of the molecule is CN1C(=O)C(c2ccc(Nc3nc(-c4c(F)cccc4F)nc4c3C(=O)NC4)cc2)CC1(C)C. The number of halogens is 2. The molecule has 1 aromatic heterocycles. The van der Waals surface area contributed by atoms with Gasteiger partial charge in [0.1, 0.15) is 23.0 Å². The molecule has 0 aliphatic carbocycles. The van der Waals surface area contributed by atoms with Crippen molar-refractivity contribution in [3.05, 3.63) is 70.9 Å². The van der Waals surface area contributed by atoms with E-state index in [1.165, 1.54) is 6.07 Å². The second-order valence-corrected chi connectivity index (χ2v) is 9.21. The van der Waals surface area contributed by atoms with E-state index in [1.54, 1.807) is 17.0 Å². The lowest BCUT2D eigenvalue weighted by atomic mass is 9.91. The second-order valence-electron chi connectivity index (χ2n) is 9.21. The van der Waals surface area contributed by atoms with E-state index in [0.717, 1.165) is 17.7 Å². The van der Waals surface area contributed by atoms with Crippen LogP contribution in [-0.4, -0.2) is 39.3 Å². The van der Waals surface area contributed by atoms with Gasteiger partial charge in [-0.3, -0.25) is 9.59 Å². The van der Waals surface area contributed by atoms with Crippen LogP contribution in [-0.2, 0) is 11.3 Å². The van der Waals surface area contributed by atoms with Gasteiger partial charge in [-0.15, -0.1) is 0 Å². The van der Waals surface area contributed by atoms with E-state index >= 15 is 0 Å². The van der Waals surface area contributed by atoms with E-state index in [2.05, 4.69) is 20.6 Å². The molecule has 2 aliphatic heterocycles. The van der Waals surface area contributed by atoms with E-state index in [1.807, 2.05) is 33.0 Å². The number of amides is 2. The van der Waals surface area contributed by atoms with Gasteiger partial charge in [0.25, 0.3) is 5.91 Å². The highest BCUT2D eigenvalue weighted by molar-refractivity contribution is 6.03. The molecule has 2 aromatic carbocycles. The van der Waals surface area contributed by atoms with Crippen molar-refractivity contribution in [2.45, 2.75) is 38.3 Å². The number of likely N-dealkylation sites (tertiary alicyclic amines) is 1. The summed E-state index contributed by atoms with van der Waals surface area (Å²) in [5, 5.41) is 5.76. The highest BCUT2D eigenvalue weighted by Crippen LogP contribution is 2.39. The molecule has 1 atom stereocenters. The van der Waals surface area contributed by atoms with Crippen LogP contribution in [0.5, 0.6) is 0 Å². The number of nitrogens with zero attached hydrogens (tertiary/aromatic N) is 3. The van der Waals surface area contributed by atoms with Crippen LogP contribution in [0.25, 0.3) is 11.4 Å². The summed E-state index contributed by atoms with van der Waals surface area (Å²) < 4.78 is 28.8. The number of benzene rings is 2. The number of carbonyl (C=O) groups excluding carboxylic acids is 2. The van der Waals surface area contributed by atoms with Gasteiger partial charge < -0.3 is 15.5 Å². The Morgan fingerprint density at radius 1 is 1.03 bits per heavy atom. The van der Waals surface area contributed by atoms with Crippen LogP contribution in [0.4, 0.5) is 20.3 Å². The fourth-order valence-corrected chi connectivity index (χ4v) is 4.49. The fourth-order valence-electron chi connectivity index (χ4n) is 4.49. The number of likely N-dealkylation sites (N-methyl/N-ethyl adjacent to an activating group) is 1. The van der Waals surface area contributed by atoms with Gasteiger partial charge in [-0.05, 0) is 50.1 Å². The van der Waals surface area contributed by atoms with Crippen molar-refractivity contribution in [1.29, 1.82) is 0 Å². The largest absolute Gasteiger partial charge is 0.346 e. The number of aromatic nitrogens is 2. The lowest BCUT2D eigenvalue weighted by Gasteiger charge is -2.26. The van der Waals surface area contributed by atoms with Gasteiger partial charge in [-0.25, -0.2) is 18.7 Å². The van der Waals surface area contributed by atoms with E-state index in [-0.39, 0.29) is 52.6 Å². The van der Waals surface area contributed by atoms with Gasteiger partial charge in [-0.1, -0.05) is 18.2 Å². The minimum Gasteiger partial charge on any atom is -0.346 e. The molecular weight excluding hydrogens is 440 g/mol. The second kappa shape index (κ2) is 7.86. The fraction of sp³-hybridized carbons (Fsp3) is 0.280. The molecule has 174 valence electrons. The van der Waals surface area contributed by atoms with Gasteiger partial charge >= 0.3 is 0 Å². The Bertz CT molecular complexity index is 1300. The van der Waals surface area contributed by atoms with Crippen LogP contribution < -0.4 is 10.6 Å². The van der Waals surface area contributed by atoms with Crippen LogP contribution in [0.3, 0.4) is 0 Å². The first-order chi connectivity index (χ1) is 16.2. The predicted octanol–water partition coefficient (Wildman–Crippen LogP) is 4.13. The number of carbonyl (C=O) groups is 2. The van der Waals surface area contributed by atoms with Crippen molar-refractivity contribution >= 4 is 23.3 Å². The van der Waals surface area contributed by atoms with Crippen molar-refractivity contribution < 1.29 is 18.4 Å². The summed E-state index contributed by atoms with van der Waals surface area (Å²) in [6.07, 6.45) is 0.715. The number of nitrogens with one attached hydrogen (secondary N) is 2. The summed E-state index contributed by atoms with van der Waals surface area (Å²) in [6, 6.07) is 10.8. The molecule has 0 spiro atoms. The lowest BCUT2D eigenvalue weighted by molar-refractivity contribution is -0.130. The van der Waals surface area contributed by atoms with Crippen molar-refractivity contribution in [1.82, 2.24) is 20.2 Å². The van der Waals surface area contributed by atoms with E-state index in [4.69, 9.17) is 0 Å². The minimum absolute atomic E-state index is 0.0764. The van der Waals surface area contributed by atoms with Crippen LogP contribution in [0.1, 0.15) is 47.8 Å². The number of hydrogen-bond donors (Lipinski definition) is 2. The summed E-state index contributed by atoms with van der Waals surface area (Å²) in [4.78, 5) is 35.4. The predicted molar refractivity (Wildman–Crippen MR) is 122 cm³/mol. The average molecular weight is 463 g/mol. The zero-order valence-corrected chi connectivity index (χ0v) is 18.9. The van der Waals surface area contributed by atoms with Gasteiger partial charge in [0.2, 0.25) is 5.91 Å². The maximum absolute atomic E-state index is 14.4. The monoisotopic (exact) mass is 463 g/mol. The van der Waals surface area contributed by atoms with E-state index in [0.29, 0.717) is 17.8 Å². The van der Waals surface area contributed by atoms with Gasteiger partial charge in [0.05, 0.1) is 23.7 Å². The summed E-state index contributed by atoms with van der Waals surface area (Å²) in [7, 11) is 1.81. The van der Waals surface area contributed by atoms with Gasteiger partial charge in [0.15, 0.2) is 5.82 Å². The lowest BCUT2D eigenvalue weighted by Crippen LogP contribution is -2.37. The number of anilines is 2. The number of rotatable bonds is 4. The third kappa shape index (κ3) is 3.57. The molecule has 1 saturated heterocycles. The minimum atomic E-state index is -0.790. The average Bonchev–Trinajstić information content (AvgIpc) is 3.27. The molecule has 9 heteroatoms. The highest BCUT2D eigenvalue weighted by atomic mass is 19.1. The van der Waals surface area contributed by atoms with Crippen LogP contribution in [0.2, 0.25) is 0 Å². The first-order valence-corrected chi connectivity index (χ1v) is 10.9. The normalized spacial score (nSPS) is 18.7. The molecule has 0 saturated carbocycles. The molecule has 2 amide bonds. The zero-order valence-electron chi connectivity index (χ0n) is 18.9. The Hall–Kier alpha value is -3.88. The Morgan fingerprint density at radius 3 is 2.32 bits per heavy atom. The summed E-state index contributed by atoms with van der Waals surface area (Å²) in [5.74, 6) is -2.08. The molecule has 1 fully saturated rings. The molecule has 5 rings (SSSR count). The quantitative estimate of drug-likeness (QED) is 0.608. The maximum atomic E-state index is 14.4. The molecular formula is C25H23F2N5O2. The molecule has 0 radical (unpaired) electrons. The van der Waals surface area contributed by atoms with Crippen molar-refractivity contribution in [3.8, 4) is 11.4 Å². The van der Waals surface area contributed by atoms with Gasteiger partial charge in [0, 0.05) is 18.3 Å². The molecule has 2 aliphatic rings. The standard InChI is InChI=1S/C25H23F2N5O2/c1-25(2)11-15(24(34)32(25)3)13-7-9-14(10-8-13)29-22-20-18(12-28-23(20)33)30-21(31-22)19-16(26)5-4-6-17(19)27/h4-10,15H,11-12H2,1-3H3,(H,28,33)(H,29,30,31). The Morgan fingerprint density at radius 2 is 1.71 bits per heavy atom. The number of fused-ring (bicyclic) bond motifs is 1. The first kappa shape index (κ1) is 21.9. The summed E-state index contributed by atoms with van der Waals surface area (Å²) in [6.45, 7) is 4.22. The molecule has 0 bridgehead atoms. The number of hydrogen-bond acceptors (Lipinski definition) is 5. The molecule has 2 N–H and O–H groups in total. The van der Waals surface area contributed by atoms with Crippen molar-refractivity contribution in [2.75, 3.05) is 12.4 Å². The Labute approximate surface area is 195 Å². The third-order valence-electron chi connectivity index (χ3n) is 6.63. The van der Waals surface area contributed by atoms with Crippen molar-refractivity contribution in [2.24, 2.45) is 0 Å². The van der Waals surface area contributed by atoms with Gasteiger partial charge in [-0.2, -0.15) is 0 Å². The molecule has 7 nitrogen and oxygen atoms in total. The third-order valence-corrected chi connectivity index (χ3v) is 6.63. The zero-order chi connectivity index (χ0) is 24.2. The Kier molecular flexibility index (Phi) is 5.07. The Balaban J connectivity index is 1.49. The maximum Gasteiger partial charge on any atom is 0.257 e. The van der Waals surface area contributed by atoms with Crippen LogP contribution >= 0.6 is 0 Å². The molecule has 34 heavy (non-hydrogen) atoms. The topological polar surface area (TPSA) is 87.2 Å². The molecule has 3 aromatic rings. The highest BCUT2D eigenvalue weighted by Gasteiger charge is 2.43. The van der Waals surface area contributed by atoms with Crippen LogP contribution in [0.15, 0.2) is 42.5 Å². The van der Waals surface area contributed by atoms with E-state index < -0.39 is 11.6 Å². The van der Waals surface area contributed by atoms with Crippen LogP contribution in [0, 0.1) is 11.6 Å². The smallest absolute Gasteiger partial charge is 0.257 e. The first-order valence-electron chi connectivity index (χ1n) is 10.9. The summed E-state index contributed by atoms with van der Waals surface area (Å²) in [5.41, 5.74) is 1.54.